The molecule has 2 bridgehead atoms. The summed E-state index contributed by atoms with van der Waals surface area (Å²) in [6.45, 7) is 3.12. The summed E-state index contributed by atoms with van der Waals surface area (Å²) in [4.78, 5) is 20.8. The second-order valence-corrected chi connectivity index (χ2v) is 8.75. The molecule has 1 saturated carbocycles. The maximum absolute atomic E-state index is 12.8. The smallest absolute Gasteiger partial charge is 0.272 e. The van der Waals surface area contributed by atoms with Gasteiger partial charge < -0.3 is 10.2 Å². The molecule has 3 atom stereocenters. The van der Waals surface area contributed by atoms with Crippen LogP contribution in [0.5, 0.6) is 0 Å². The molecule has 0 radical (unpaired) electrons. The molecule has 1 aliphatic carbocycles. The van der Waals surface area contributed by atoms with Crippen LogP contribution in [0.1, 0.15) is 28.2 Å². The van der Waals surface area contributed by atoms with Crippen molar-refractivity contribution in [2.75, 3.05) is 13.6 Å². The normalized spacial score (nSPS) is 25.2. The number of aromatic amines is 1. The maximum atomic E-state index is 12.8. The Morgan fingerprint density at radius 2 is 2.27 bits per heavy atom. The third-order valence-electron chi connectivity index (χ3n) is 5.78. The first-order chi connectivity index (χ1) is 12.6. The van der Waals surface area contributed by atoms with E-state index in [1.54, 1.807) is 11.3 Å². The number of likely N-dealkylation sites (tertiary alicyclic amines) is 1. The largest absolute Gasteiger partial charge is 0.348 e. The Kier molecular flexibility index (Phi) is 3.62. The fourth-order valence-electron chi connectivity index (χ4n) is 4.40. The first-order valence-electron chi connectivity index (χ1n) is 9.00. The minimum atomic E-state index is -0.0747. The predicted molar refractivity (Wildman–Crippen MR) is 102 cm³/mol. The van der Waals surface area contributed by atoms with Gasteiger partial charge in [0, 0.05) is 40.7 Å². The molecule has 1 aromatic carbocycles. The highest BCUT2D eigenvalue weighted by Crippen LogP contribution is 2.37. The van der Waals surface area contributed by atoms with Gasteiger partial charge >= 0.3 is 0 Å². The third-order valence-corrected chi connectivity index (χ3v) is 6.74. The molecule has 26 heavy (non-hydrogen) atoms. The molecule has 5 rings (SSSR count). The number of carbonyl (C=O) groups excluding carboxylic acids is 1. The van der Waals surface area contributed by atoms with Crippen molar-refractivity contribution in [2.45, 2.75) is 31.8 Å². The lowest BCUT2D eigenvalue weighted by atomic mass is 10.0. The van der Waals surface area contributed by atoms with E-state index in [1.165, 1.54) is 11.3 Å². The Balaban J connectivity index is 1.38. The molecule has 2 fully saturated rings. The summed E-state index contributed by atoms with van der Waals surface area (Å²) in [6, 6.07) is 6.89. The predicted octanol–water partition coefficient (Wildman–Crippen LogP) is 2.82. The number of thiazole rings is 1. The Morgan fingerprint density at radius 3 is 2.96 bits per heavy atom. The summed E-state index contributed by atoms with van der Waals surface area (Å²) >= 11 is 1.66. The average molecular weight is 367 g/mol. The molecule has 2 N–H and O–H groups in total. The summed E-state index contributed by atoms with van der Waals surface area (Å²) in [7, 11) is 2.17. The van der Waals surface area contributed by atoms with Crippen LogP contribution in [0.2, 0.25) is 0 Å². The number of nitrogens with one attached hydrogen (secondary N) is 2. The number of H-pyrrole nitrogens is 1. The number of nitrogens with zero attached hydrogens (tertiary/aromatic N) is 3. The number of hydrogen-bond donors (Lipinski definition) is 2. The molecular formula is C19H21N5OS. The SMILES string of the molecule is Cc1cnc(-c2ccc3c(C(=O)NC4CC5CC4CN5C)n[nH]c3c2)s1. The lowest BCUT2D eigenvalue weighted by Crippen LogP contribution is -2.44. The number of fused-ring (bicyclic) bond motifs is 3. The van der Waals surface area contributed by atoms with E-state index in [-0.39, 0.29) is 11.9 Å². The van der Waals surface area contributed by atoms with Crippen LogP contribution in [-0.4, -0.2) is 51.7 Å². The maximum Gasteiger partial charge on any atom is 0.272 e. The first kappa shape index (κ1) is 16.0. The van der Waals surface area contributed by atoms with Gasteiger partial charge in [0.2, 0.25) is 0 Å². The Bertz CT molecular complexity index is 991. The van der Waals surface area contributed by atoms with Crippen LogP contribution in [0.25, 0.3) is 21.5 Å². The summed E-state index contributed by atoms with van der Waals surface area (Å²) in [5.41, 5.74) is 2.40. The van der Waals surface area contributed by atoms with Gasteiger partial charge in [-0.3, -0.25) is 9.89 Å². The standard InChI is InChI=1S/C19H21N5OS/c1-10-8-20-19(26-10)11-3-4-14-16(6-11)22-23-17(14)18(25)21-15-7-13-5-12(15)9-24(13)2/h3-4,6,8,12-13,15H,5,7,9H2,1-2H3,(H,21,25)(H,22,23). The van der Waals surface area contributed by atoms with Gasteiger partial charge in [-0.1, -0.05) is 6.07 Å². The van der Waals surface area contributed by atoms with Gasteiger partial charge in [0.25, 0.3) is 5.91 Å². The highest BCUT2D eigenvalue weighted by Gasteiger charge is 2.43. The number of rotatable bonds is 3. The van der Waals surface area contributed by atoms with Crippen LogP contribution >= 0.6 is 11.3 Å². The van der Waals surface area contributed by atoms with E-state index in [2.05, 4.69) is 32.4 Å². The average Bonchev–Trinajstić information content (AvgIpc) is 3.37. The summed E-state index contributed by atoms with van der Waals surface area (Å²) in [5.74, 6) is 0.494. The number of aromatic nitrogens is 3. The highest BCUT2D eigenvalue weighted by atomic mass is 32.1. The van der Waals surface area contributed by atoms with Crippen LogP contribution in [0, 0.1) is 12.8 Å². The van der Waals surface area contributed by atoms with E-state index in [0.29, 0.717) is 17.7 Å². The van der Waals surface area contributed by atoms with Crippen molar-refractivity contribution in [2.24, 2.45) is 5.92 Å². The quantitative estimate of drug-likeness (QED) is 0.747. The van der Waals surface area contributed by atoms with Crippen LogP contribution in [0.15, 0.2) is 24.4 Å². The fraction of sp³-hybridized carbons (Fsp3) is 0.421. The molecule has 6 nitrogen and oxygen atoms in total. The van der Waals surface area contributed by atoms with Crippen molar-refractivity contribution in [3.63, 3.8) is 0 Å². The molecule has 3 unspecified atom stereocenters. The fourth-order valence-corrected chi connectivity index (χ4v) is 5.16. The van der Waals surface area contributed by atoms with Gasteiger partial charge in [-0.25, -0.2) is 4.98 Å². The van der Waals surface area contributed by atoms with Gasteiger partial charge in [0.15, 0.2) is 5.69 Å². The summed E-state index contributed by atoms with van der Waals surface area (Å²) in [5, 5.41) is 12.4. The van der Waals surface area contributed by atoms with Crippen molar-refractivity contribution in [1.29, 1.82) is 0 Å². The van der Waals surface area contributed by atoms with Crippen molar-refractivity contribution in [1.82, 2.24) is 25.4 Å². The number of hydrogen-bond acceptors (Lipinski definition) is 5. The van der Waals surface area contributed by atoms with E-state index in [0.717, 1.165) is 34.4 Å². The topological polar surface area (TPSA) is 73.9 Å². The van der Waals surface area contributed by atoms with Crippen LogP contribution < -0.4 is 5.32 Å². The van der Waals surface area contributed by atoms with Gasteiger partial charge in [-0.05, 0) is 44.9 Å². The molecule has 2 aliphatic rings. The van der Waals surface area contributed by atoms with Gasteiger partial charge in [0.05, 0.1) is 5.52 Å². The number of aryl methyl sites for hydroxylation is 1. The van der Waals surface area contributed by atoms with Crippen LogP contribution in [0.3, 0.4) is 0 Å². The zero-order valence-corrected chi connectivity index (χ0v) is 15.6. The van der Waals surface area contributed by atoms with E-state index < -0.39 is 0 Å². The third kappa shape index (κ3) is 2.54. The molecule has 134 valence electrons. The molecule has 7 heteroatoms. The molecule has 1 amide bonds. The lowest BCUT2D eigenvalue weighted by molar-refractivity contribution is 0.0909. The highest BCUT2D eigenvalue weighted by molar-refractivity contribution is 7.14. The molecule has 2 aromatic heterocycles. The Labute approximate surface area is 155 Å². The van der Waals surface area contributed by atoms with Crippen molar-refractivity contribution < 1.29 is 4.79 Å². The van der Waals surface area contributed by atoms with Crippen molar-refractivity contribution >= 4 is 28.1 Å². The molecule has 1 saturated heterocycles. The Morgan fingerprint density at radius 1 is 1.38 bits per heavy atom. The lowest BCUT2D eigenvalue weighted by Gasteiger charge is -2.28. The molecule has 0 spiro atoms. The number of piperidine rings is 1. The zero-order chi connectivity index (χ0) is 17.8. The Hall–Kier alpha value is -2.25. The van der Waals surface area contributed by atoms with E-state index in [1.807, 2.05) is 31.3 Å². The minimum Gasteiger partial charge on any atom is -0.348 e. The molecule has 1 aliphatic heterocycles. The van der Waals surface area contributed by atoms with Crippen molar-refractivity contribution in [3.8, 4) is 10.6 Å². The number of benzene rings is 1. The second kappa shape index (κ2) is 5.89. The van der Waals surface area contributed by atoms with E-state index in [9.17, 15) is 4.79 Å². The van der Waals surface area contributed by atoms with Gasteiger partial charge in [-0.2, -0.15) is 5.10 Å². The number of amides is 1. The molecule has 3 aromatic rings. The van der Waals surface area contributed by atoms with Crippen molar-refractivity contribution in [3.05, 3.63) is 35.0 Å². The van der Waals surface area contributed by atoms with Crippen LogP contribution in [-0.2, 0) is 0 Å². The monoisotopic (exact) mass is 367 g/mol. The van der Waals surface area contributed by atoms with Gasteiger partial charge in [0.1, 0.15) is 5.01 Å². The van der Waals surface area contributed by atoms with E-state index >= 15 is 0 Å². The van der Waals surface area contributed by atoms with Crippen LogP contribution in [0.4, 0.5) is 0 Å². The first-order valence-corrected chi connectivity index (χ1v) is 9.82. The number of carbonyl (C=O) groups is 1. The molecule has 3 heterocycles. The summed E-state index contributed by atoms with van der Waals surface area (Å²) in [6.07, 6.45) is 4.12. The summed E-state index contributed by atoms with van der Waals surface area (Å²) < 4.78 is 0. The molecular weight excluding hydrogens is 346 g/mol. The second-order valence-electron chi connectivity index (χ2n) is 7.51. The minimum absolute atomic E-state index is 0.0747. The van der Waals surface area contributed by atoms with E-state index in [4.69, 9.17) is 0 Å². The zero-order valence-electron chi connectivity index (χ0n) is 14.8. The van der Waals surface area contributed by atoms with Gasteiger partial charge in [-0.15, -0.1) is 11.3 Å².